The molecular weight excluding hydrogens is 314 g/mol. The van der Waals surface area contributed by atoms with Crippen LogP contribution in [-0.2, 0) is 0 Å². The lowest BCUT2D eigenvalue weighted by atomic mass is 10.2. The largest absolute Gasteiger partial charge is 0.206 e. The van der Waals surface area contributed by atoms with Gasteiger partial charge in [0, 0.05) is 9.13 Å². The summed E-state index contributed by atoms with van der Waals surface area (Å²) in [5.41, 5.74) is 1.36. The van der Waals surface area contributed by atoms with Crippen LogP contribution in [0, 0.1) is 21.2 Å². The van der Waals surface area contributed by atoms with Gasteiger partial charge >= 0.3 is 0 Å². The van der Waals surface area contributed by atoms with E-state index in [-0.39, 0.29) is 5.82 Å². The van der Waals surface area contributed by atoms with Gasteiger partial charge in [-0.05, 0) is 46.9 Å². The van der Waals surface area contributed by atoms with Crippen molar-refractivity contribution < 1.29 is 4.39 Å². The van der Waals surface area contributed by atoms with Crippen molar-refractivity contribution in [3.8, 4) is 11.8 Å². The first-order valence-electron chi connectivity index (χ1n) is 4.78. The molecule has 0 aromatic heterocycles. The summed E-state index contributed by atoms with van der Waals surface area (Å²) in [6.45, 7) is 0. The van der Waals surface area contributed by atoms with Gasteiger partial charge in [0.05, 0.1) is 5.56 Å². The van der Waals surface area contributed by atoms with Crippen molar-refractivity contribution in [3.05, 3.63) is 69.0 Å². The van der Waals surface area contributed by atoms with E-state index in [9.17, 15) is 4.39 Å². The summed E-state index contributed by atoms with van der Waals surface area (Å²) in [5, 5.41) is 0. The maximum absolute atomic E-state index is 13.4. The molecule has 0 atom stereocenters. The van der Waals surface area contributed by atoms with Crippen LogP contribution < -0.4 is 0 Å². The highest BCUT2D eigenvalue weighted by molar-refractivity contribution is 14.1. The monoisotopic (exact) mass is 322 g/mol. The molecule has 0 nitrogen and oxygen atoms in total. The molecule has 0 fully saturated rings. The van der Waals surface area contributed by atoms with E-state index in [2.05, 4.69) is 34.4 Å². The minimum Gasteiger partial charge on any atom is -0.206 e. The van der Waals surface area contributed by atoms with E-state index in [1.807, 2.05) is 36.4 Å². The van der Waals surface area contributed by atoms with Gasteiger partial charge in [0.25, 0.3) is 0 Å². The number of benzene rings is 2. The highest BCUT2D eigenvalue weighted by Crippen LogP contribution is 2.14. The third-order valence-corrected chi connectivity index (χ3v) is 2.97. The molecular formula is C14H8FI. The average molecular weight is 322 g/mol. The van der Waals surface area contributed by atoms with Crippen LogP contribution in [0.2, 0.25) is 0 Å². The predicted octanol–water partition coefficient (Wildman–Crippen LogP) is 3.83. The molecule has 0 radical (unpaired) electrons. The lowest BCUT2D eigenvalue weighted by Crippen LogP contribution is -1.87. The maximum Gasteiger partial charge on any atom is 0.139 e. The summed E-state index contributed by atoms with van der Waals surface area (Å²) in [5.74, 6) is 5.54. The molecule has 0 saturated carbocycles. The van der Waals surface area contributed by atoms with Crippen molar-refractivity contribution in [2.45, 2.75) is 0 Å². The third-order valence-electron chi connectivity index (χ3n) is 2.07. The first kappa shape index (κ1) is 11.2. The van der Waals surface area contributed by atoms with Crippen molar-refractivity contribution in [1.82, 2.24) is 0 Å². The van der Waals surface area contributed by atoms with Crippen LogP contribution in [-0.4, -0.2) is 0 Å². The van der Waals surface area contributed by atoms with Crippen molar-refractivity contribution >= 4 is 22.6 Å². The van der Waals surface area contributed by atoms with Crippen LogP contribution in [0.1, 0.15) is 11.1 Å². The van der Waals surface area contributed by atoms with Gasteiger partial charge in [0.1, 0.15) is 5.82 Å². The minimum absolute atomic E-state index is 0.268. The van der Waals surface area contributed by atoms with Gasteiger partial charge in [-0.15, -0.1) is 0 Å². The molecule has 0 heterocycles. The van der Waals surface area contributed by atoms with E-state index in [1.54, 1.807) is 6.07 Å². The lowest BCUT2D eigenvalue weighted by Gasteiger charge is -1.96. The van der Waals surface area contributed by atoms with Crippen LogP contribution in [0.5, 0.6) is 0 Å². The van der Waals surface area contributed by atoms with Gasteiger partial charge < -0.3 is 0 Å². The number of halogens is 2. The van der Waals surface area contributed by atoms with E-state index in [0.717, 1.165) is 9.13 Å². The van der Waals surface area contributed by atoms with Crippen LogP contribution in [0.4, 0.5) is 4.39 Å². The van der Waals surface area contributed by atoms with Crippen molar-refractivity contribution in [2.75, 3.05) is 0 Å². The summed E-state index contributed by atoms with van der Waals surface area (Å²) in [6, 6.07) is 14.5. The fourth-order valence-electron chi connectivity index (χ4n) is 1.27. The van der Waals surface area contributed by atoms with E-state index in [0.29, 0.717) is 5.56 Å². The summed E-state index contributed by atoms with van der Waals surface area (Å²) < 4.78 is 14.3. The second kappa shape index (κ2) is 5.13. The second-order valence-corrected chi connectivity index (χ2v) is 4.37. The summed E-state index contributed by atoms with van der Waals surface area (Å²) in [4.78, 5) is 0. The van der Waals surface area contributed by atoms with Crippen LogP contribution in [0.25, 0.3) is 0 Å². The SMILES string of the molecule is Fc1cccc(I)c1C#Cc1ccccc1. The van der Waals surface area contributed by atoms with Gasteiger partial charge in [0.2, 0.25) is 0 Å². The Balaban J connectivity index is 2.39. The zero-order chi connectivity index (χ0) is 11.4. The zero-order valence-electron chi connectivity index (χ0n) is 8.37. The zero-order valence-corrected chi connectivity index (χ0v) is 10.5. The fraction of sp³-hybridized carbons (Fsp3) is 0. The van der Waals surface area contributed by atoms with Crippen molar-refractivity contribution in [2.24, 2.45) is 0 Å². The first-order chi connectivity index (χ1) is 7.77. The Bertz CT molecular complexity index is 530. The quantitative estimate of drug-likeness (QED) is 0.511. The lowest BCUT2D eigenvalue weighted by molar-refractivity contribution is 0.623. The predicted molar refractivity (Wildman–Crippen MR) is 71.5 cm³/mol. The molecule has 0 amide bonds. The molecule has 0 aliphatic carbocycles. The number of hydrogen-bond acceptors (Lipinski definition) is 0. The van der Waals surface area contributed by atoms with Gasteiger partial charge in [-0.2, -0.15) is 0 Å². The molecule has 2 rings (SSSR count). The Kier molecular flexibility index (Phi) is 3.58. The van der Waals surface area contributed by atoms with Gasteiger partial charge in [-0.3, -0.25) is 0 Å². The maximum atomic E-state index is 13.4. The number of rotatable bonds is 0. The van der Waals surface area contributed by atoms with Gasteiger partial charge in [0.15, 0.2) is 0 Å². The molecule has 0 bridgehead atoms. The molecule has 2 aromatic rings. The van der Waals surface area contributed by atoms with E-state index in [1.165, 1.54) is 6.07 Å². The van der Waals surface area contributed by atoms with Crippen molar-refractivity contribution in [1.29, 1.82) is 0 Å². The molecule has 0 saturated heterocycles. The Labute approximate surface area is 108 Å². The average Bonchev–Trinajstić information content (AvgIpc) is 2.30. The molecule has 0 aliphatic heterocycles. The summed E-state index contributed by atoms with van der Waals surface area (Å²) >= 11 is 2.09. The van der Waals surface area contributed by atoms with E-state index >= 15 is 0 Å². The normalized spacial score (nSPS) is 9.38. The molecule has 0 spiro atoms. The Morgan fingerprint density at radius 2 is 1.62 bits per heavy atom. The van der Waals surface area contributed by atoms with E-state index in [4.69, 9.17) is 0 Å². The van der Waals surface area contributed by atoms with Gasteiger partial charge in [-0.1, -0.05) is 36.1 Å². The van der Waals surface area contributed by atoms with Crippen LogP contribution >= 0.6 is 22.6 Å². The topological polar surface area (TPSA) is 0 Å². The van der Waals surface area contributed by atoms with E-state index < -0.39 is 0 Å². The molecule has 0 N–H and O–H groups in total. The fourth-order valence-corrected chi connectivity index (χ4v) is 1.87. The molecule has 16 heavy (non-hydrogen) atoms. The standard InChI is InChI=1S/C14H8FI/c15-13-7-4-8-14(16)12(13)10-9-11-5-2-1-3-6-11/h1-8H. The highest BCUT2D eigenvalue weighted by atomic mass is 127. The smallest absolute Gasteiger partial charge is 0.139 e. The molecule has 2 aromatic carbocycles. The molecule has 78 valence electrons. The minimum atomic E-state index is -0.268. The first-order valence-corrected chi connectivity index (χ1v) is 5.86. The third kappa shape index (κ3) is 2.61. The van der Waals surface area contributed by atoms with Crippen LogP contribution in [0.3, 0.4) is 0 Å². The van der Waals surface area contributed by atoms with Gasteiger partial charge in [-0.25, -0.2) is 4.39 Å². The Hall–Kier alpha value is -1.34. The second-order valence-electron chi connectivity index (χ2n) is 3.21. The molecule has 0 aliphatic rings. The Morgan fingerprint density at radius 3 is 2.31 bits per heavy atom. The highest BCUT2D eigenvalue weighted by Gasteiger charge is 2.01. The number of hydrogen-bond donors (Lipinski definition) is 0. The Morgan fingerprint density at radius 1 is 0.875 bits per heavy atom. The summed E-state index contributed by atoms with van der Waals surface area (Å²) in [7, 11) is 0. The molecule has 0 unspecified atom stereocenters. The van der Waals surface area contributed by atoms with Crippen molar-refractivity contribution in [3.63, 3.8) is 0 Å². The molecule has 2 heteroatoms. The summed E-state index contributed by atoms with van der Waals surface area (Å²) in [6.07, 6.45) is 0. The van der Waals surface area contributed by atoms with Crippen LogP contribution in [0.15, 0.2) is 48.5 Å².